The van der Waals surface area contributed by atoms with Gasteiger partial charge in [0.2, 0.25) is 0 Å². The van der Waals surface area contributed by atoms with E-state index in [2.05, 4.69) is 4.99 Å². The highest BCUT2D eigenvalue weighted by Gasteiger charge is 2.40. The summed E-state index contributed by atoms with van der Waals surface area (Å²) >= 11 is 0. The van der Waals surface area contributed by atoms with E-state index in [1.807, 2.05) is 5.48 Å². The first kappa shape index (κ1) is 14.2. The van der Waals surface area contributed by atoms with Crippen molar-refractivity contribution in [2.75, 3.05) is 13.7 Å². The standard InChI is InChI=1S/C12H17F3N2O2/c1-18-10-5-3-2-4-9(16-10)6-8-7-19-17-11(8)12(13,14)15/h9,17H,2-7H2,1H3. The Labute approximate surface area is 109 Å². The molecule has 0 fully saturated rings. The monoisotopic (exact) mass is 278 g/mol. The third-order valence-corrected chi connectivity index (χ3v) is 3.28. The number of allylic oxidation sites excluding steroid dienone is 1. The lowest BCUT2D eigenvalue weighted by molar-refractivity contribution is -0.107. The molecule has 0 bridgehead atoms. The predicted molar refractivity (Wildman–Crippen MR) is 63.5 cm³/mol. The molecule has 0 saturated carbocycles. The number of nitrogens with zero attached hydrogens (tertiary/aromatic N) is 1. The van der Waals surface area contributed by atoms with Gasteiger partial charge in [0, 0.05) is 6.42 Å². The third-order valence-electron chi connectivity index (χ3n) is 3.28. The Bertz CT molecular complexity index is 391. The molecule has 0 amide bonds. The maximum Gasteiger partial charge on any atom is 0.433 e. The Hall–Kier alpha value is -1.24. The molecule has 1 N–H and O–H groups in total. The number of alkyl halides is 3. The second-order valence-electron chi connectivity index (χ2n) is 4.70. The molecule has 2 rings (SSSR count). The summed E-state index contributed by atoms with van der Waals surface area (Å²) in [5.74, 6) is 0.628. The molecule has 0 spiro atoms. The number of hydrogen-bond donors (Lipinski definition) is 1. The quantitative estimate of drug-likeness (QED) is 0.844. The average Bonchev–Trinajstić information content (AvgIpc) is 2.68. The fourth-order valence-electron chi connectivity index (χ4n) is 2.33. The van der Waals surface area contributed by atoms with Gasteiger partial charge in [-0.3, -0.25) is 15.3 Å². The summed E-state index contributed by atoms with van der Waals surface area (Å²) in [6.45, 7) is -0.0385. The summed E-state index contributed by atoms with van der Waals surface area (Å²) in [7, 11) is 1.54. The molecule has 7 heteroatoms. The minimum atomic E-state index is -4.40. The normalized spacial score (nSPS) is 24.8. The molecule has 1 atom stereocenters. The molecular formula is C12H17F3N2O2. The highest BCUT2D eigenvalue weighted by molar-refractivity contribution is 5.76. The third kappa shape index (κ3) is 3.62. The number of methoxy groups -OCH3 is 1. The van der Waals surface area contributed by atoms with E-state index in [-0.39, 0.29) is 24.6 Å². The maximum atomic E-state index is 12.7. The van der Waals surface area contributed by atoms with Crippen LogP contribution in [0, 0.1) is 0 Å². The van der Waals surface area contributed by atoms with E-state index >= 15 is 0 Å². The molecule has 0 saturated heterocycles. The fraction of sp³-hybridized carbons (Fsp3) is 0.750. The minimum Gasteiger partial charge on any atom is -0.484 e. The molecule has 0 radical (unpaired) electrons. The molecule has 2 aliphatic rings. The van der Waals surface area contributed by atoms with Crippen molar-refractivity contribution in [3.8, 4) is 0 Å². The first-order valence-electron chi connectivity index (χ1n) is 6.28. The van der Waals surface area contributed by atoms with E-state index in [1.165, 1.54) is 0 Å². The summed E-state index contributed by atoms with van der Waals surface area (Å²) < 4.78 is 43.3. The highest BCUT2D eigenvalue weighted by Crippen LogP contribution is 2.32. The molecule has 1 unspecified atom stereocenters. The van der Waals surface area contributed by atoms with E-state index in [4.69, 9.17) is 9.57 Å². The number of hydroxylamine groups is 1. The van der Waals surface area contributed by atoms with Crippen molar-refractivity contribution in [2.45, 2.75) is 44.3 Å². The summed E-state index contributed by atoms with van der Waals surface area (Å²) in [5.41, 5.74) is 1.41. The number of nitrogens with one attached hydrogen (secondary N) is 1. The van der Waals surface area contributed by atoms with Crippen molar-refractivity contribution in [3.05, 3.63) is 11.3 Å². The van der Waals surface area contributed by atoms with Gasteiger partial charge in [-0.15, -0.1) is 0 Å². The number of hydrogen-bond acceptors (Lipinski definition) is 4. The summed E-state index contributed by atoms with van der Waals surface area (Å²) in [6, 6.07) is -0.159. The van der Waals surface area contributed by atoms with Crippen LogP contribution in [0.15, 0.2) is 16.3 Å². The second kappa shape index (κ2) is 5.81. The molecule has 0 aromatic heterocycles. The van der Waals surface area contributed by atoms with Crippen LogP contribution in [0.5, 0.6) is 0 Å². The van der Waals surface area contributed by atoms with Crippen LogP contribution < -0.4 is 5.48 Å². The molecule has 19 heavy (non-hydrogen) atoms. The van der Waals surface area contributed by atoms with Gasteiger partial charge in [-0.1, -0.05) is 6.42 Å². The minimum absolute atomic E-state index is 0.0385. The van der Waals surface area contributed by atoms with E-state index < -0.39 is 11.9 Å². The van der Waals surface area contributed by atoms with Crippen LogP contribution in [-0.4, -0.2) is 31.8 Å². The molecule has 2 heterocycles. The lowest BCUT2D eigenvalue weighted by Gasteiger charge is -2.13. The van der Waals surface area contributed by atoms with Gasteiger partial charge in [-0.2, -0.15) is 13.2 Å². The van der Waals surface area contributed by atoms with E-state index in [0.29, 0.717) is 5.90 Å². The Balaban J connectivity index is 2.11. The zero-order valence-electron chi connectivity index (χ0n) is 10.7. The average molecular weight is 278 g/mol. The Morgan fingerprint density at radius 1 is 1.42 bits per heavy atom. The molecule has 0 aromatic rings. The van der Waals surface area contributed by atoms with E-state index in [0.717, 1.165) is 25.7 Å². The first-order chi connectivity index (χ1) is 9.00. The molecule has 0 aliphatic carbocycles. The summed E-state index contributed by atoms with van der Waals surface area (Å²) in [4.78, 5) is 9.08. The number of aliphatic imine (C=N–C) groups is 1. The van der Waals surface area contributed by atoms with Crippen molar-refractivity contribution in [2.24, 2.45) is 4.99 Å². The van der Waals surface area contributed by atoms with Crippen molar-refractivity contribution in [1.29, 1.82) is 0 Å². The Morgan fingerprint density at radius 2 is 2.21 bits per heavy atom. The van der Waals surface area contributed by atoms with Gasteiger partial charge in [-0.05, 0) is 24.8 Å². The first-order valence-corrected chi connectivity index (χ1v) is 6.28. The van der Waals surface area contributed by atoms with Gasteiger partial charge in [0.05, 0.1) is 19.8 Å². The highest BCUT2D eigenvalue weighted by atomic mass is 19.4. The van der Waals surface area contributed by atoms with Crippen molar-refractivity contribution in [1.82, 2.24) is 5.48 Å². The van der Waals surface area contributed by atoms with Crippen LogP contribution in [0.2, 0.25) is 0 Å². The zero-order chi connectivity index (χ0) is 13.9. The van der Waals surface area contributed by atoms with Crippen LogP contribution in [0.1, 0.15) is 32.1 Å². The van der Waals surface area contributed by atoms with Crippen molar-refractivity contribution in [3.63, 3.8) is 0 Å². The predicted octanol–water partition coefficient (Wildman–Crippen LogP) is 2.72. The largest absolute Gasteiger partial charge is 0.484 e. The summed E-state index contributed by atoms with van der Waals surface area (Å²) in [6.07, 6.45) is -0.694. The second-order valence-corrected chi connectivity index (χ2v) is 4.70. The lowest BCUT2D eigenvalue weighted by atomic mass is 10.0. The molecule has 4 nitrogen and oxygen atoms in total. The van der Waals surface area contributed by atoms with Crippen LogP contribution in [0.4, 0.5) is 13.2 Å². The summed E-state index contributed by atoms with van der Waals surface area (Å²) in [5, 5.41) is 0. The number of ether oxygens (including phenoxy) is 1. The fourth-order valence-corrected chi connectivity index (χ4v) is 2.33. The lowest BCUT2D eigenvalue weighted by Crippen LogP contribution is -2.23. The van der Waals surface area contributed by atoms with Crippen molar-refractivity contribution < 1.29 is 22.7 Å². The van der Waals surface area contributed by atoms with Crippen LogP contribution in [0.25, 0.3) is 0 Å². The van der Waals surface area contributed by atoms with Gasteiger partial charge >= 0.3 is 6.18 Å². The molecule has 0 aromatic carbocycles. The molecule has 108 valence electrons. The zero-order valence-corrected chi connectivity index (χ0v) is 10.7. The topological polar surface area (TPSA) is 42.8 Å². The van der Waals surface area contributed by atoms with E-state index in [9.17, 15) is 13.2 Å². The maximum absolute atomic E-state index is 12.7. The molecular weight excluding hydrogens is 261 g/mol. The van der Waals surface area contributed by atoms with E-state index in [1.54, 1.807) is 7.11 Å². The Morgan fingerprint density at radius 3 is 2.89 bits per heavy atom. The van der Waals surface area contributed by atoms with Gasteiger partial charge in [0.25, 0.3) is 0 Å². The Kier molecular flexibility index (Phi) is 4.34. The SMILES string of the molecule is COC1=NC(CC2=C(C(F)(F)F)NOC2)CCCC1. The molecule has 2 aliphatic heterocycles. The number of rotatable bonds is 2. The van der Waals surface area contributed by atoms with Crippen LogP contribution in [-0.2, 0) is 9.57 Å². The van der Waals surface area contributed by atoms with Crippen molar-refractivity contribution >= 4 is 5.90 Å². The van der Waals surface area contributed by atoms with Gasteiger partial charge in [0.15, 0.2) is 5.90 Å². The number of halogens is 3. The van der Waals surface area contributed by atoms with Crippen LogP contribution in [0.3, 0.4) is 0 Å². The van der Waals surface area contributed by atoms with Gasteiger partial charge in [0.1, 0.15) is 5.70 Å². The van der Waals surface area contributed by atoms with Crippen LogP contribution >= 0.6 is 0 Å². The van der Waals surface area contributed by atoms with Gasteiger partial charge < -0.3 is 4.74 Å². The smallest absolute Gasteiger partial charge is 0.433 e. The van der Waals surface area contributed by atoms with Gasteiger partial charge in [-0.25, -0.2) is 0 Å².